The Morgan fingerprint density at radius 2 is 1.96 bits per heavy atom. The number of benzene rings is 2. The predicted octanol–water partition coefficient (Wildman–Crippen LogP) is 2.79. The van der Waals surface area contributed by atoms with Crippen molar-refractivity contribution in [3.05, 3.63) is 63.2 Å². The molecule has 130 valence electrons. The number of rotatable bonds is 7. The number of hydrazone groups is 1. The van der Waals surface area contributed by atoms with Crippen LogP contribution in [0.15, 0.2) is 47.6 Å². The molecular formula is C16H14ClN3O5. The van der Waals surface area contributed by atoms with E-state index in [4.69, 9.17) is 21.1 Å². The van der Waals surface area contributed by atoms with E-state index in [2.05, 4.69) is 10.5 Å². The van der Waals surface area contributed by atoms with E-state index < -0.39 is 10.8 Å². The average Bonchev–Trinajstić information content (AvgIpc) is 2.61. The summed E-state index contributed by atoms with van der Waals surface area (Å²) in [5.74, 6) is 0.710. The van der Waals surface area contributed by atoms with Crippen molar-refractivity contribution in [1.29, 1.82) is 0 Å². The van der Waals surface area contributed by atoms with Gasteiger partial charge in [-0.25, -0.2) is 5.43 Å². The van der Waals surface area contributed by atoms with Crippen molar-refractivity contribution < 1.29 is 19.2 Å². The lowest BCUT2D eigenvalue weighted by Gasteiger charge is -2.05. The van der Waals surface area contributed by atoms with Gasteiger partial charge in [0.05, 0.1) is 18.2 Å². The molecule has 2 aromatic rings. The number of methoxy groups -OCH3 is 1. The van der Waals surface area contributed by atoms with Gasteiger partial charge in [0.15, 0.2) is 6.61 Å². The highest BCUT2D eigenvalue weighted by molar-refractivity contribution is 6.32. The molecule has 1 amide bonds. The number of nitrogens with zero attached hydrogens (tertiary/aromatic N) is 2. The molecule has 0 aliphatic heterocycles. The summed E-state index contributed by atoms with van der Waals surface area (Å²) < 4.78 is 10.3. The molecule has 8 nitrogen and oxygen atoms in total. The van der Waals surface area contributed by atoms with Gasteiger partial charge < -0.3 is 9.47 Å². The van der Waals surface area contributed by atoms with Gasteiger partial charge in [0.2, 0.25) is 0 Å². The zero-order valence-electron chi connectivity index (χ0n) is 13.1. The van der Waals surface area contributed by atoms with Gasteiger partial charge in [0.25, 0.3) is 11.6 Å². The first-order valence-electron chi connectivity index (χ1n) is 7.02. The zero-order valence-corrected chi connectivity index (χ0v) is 13.9. The fraction of sp³-hybridized carbons (Fsp3) is 0.125. The SMILES string of the molecule is COc1ccc(OCC(=O)N/N=C\c2ccc(Cl)c([N+](=O)[O-])c2)cc1. The minimum absolute atomic E-state index is 0.0269. The van der Waals surface area contributed by atoms with Gasteiger partial charge in [-0.05, 0) is 30.3 Å². The van der Waals surface area contributed by atoms with Crippen LogP contribution in [0, 0.1) is 10.1 Å². The van der Waals surface area contributed by atoms with Crippen molar-refractivity contribution in [3.63, 3.8) is 0 Å². The molecule has 2 rings (SSSR count). The molecule has 0 heterocycles. The van der Waals surface area contributed by atoms with E-state index in [0.29, 0.717) is 17.1 Å². The molecule has 0 aliphatic carbocycles. The van der Waals surface area contributed by atoms with Crippen LogP contribution in [0.1, 0.15) is 5.56 Å². The first-order valence-corrected chi connectivity index (χ1v) is 7.40. The lowest BCUT2D eigenvalue weighted by molar-refractivity contribution is -0.384. The molecule has 0 fully saturated rings. The number of carbonyl (C=O) groups excluding carboxylic acids is 1. The normalized spacial score (nSPS) is 10.5. The maximum Gasteiger partial charge on any atom is 0.288 e. The minimum Gasteiger partial charge on any atom is -0.497 e. The summed E-state index contributed by atoms with van der Waals surface area (Å²) in [6, 6.07) is 10.9. The lowest BCUT2D eigenvalue weighted by atomic mass is 10.2. The second kappa shape index (κ2) is 8.65. The molecule has 1 N–H and O–H groups in total. The summed E-state index contributed by atoms with van der Waals surface area (Å²) >= 11 is 5.71. The van der Waals surface area contributed by atoms with Crippen molar-refractivity contribution in [2.45, 2.75) is 0 Å². The van der Waals surface area contributed by atoms with Gasteiger partial charge in [-0.2, -0.15) is 5.10 Å². The van der Waals surface area contributed by atoms with Gasteiger partial charge in [-0.1, -0.05) is 17.7 Å². The molecule has 2 aromatic carbocycles. The predicted molar refractivity (Wildman–Crippen MR) is 92.3 cm³/mol. The van der Waals surface area contributed by atoms with Gasteiger partial charge in [-0.15, -0.1) is 0 Å². The standard InChI is InChI=1S/C16H14ClN3O5/c1-24-12-3-5-13(6-4-12)25-10-16(21)19-18-9-11-2-7-14(17)15(8-11)20(22)23/h2-9H,10H2,1H3,(H,19,21)/b18-9-. The largest absolute Gasteiger partial charge is 0.497 e. The quantitative estimate of drug-likeness (QED) is 0.463. The first kappa shape index (κ1) is 18.2. The van der Waals surface area contributed by atoms with E-state index in [-0.39, 0.29) is 17.3 Å². The number of hydrogen-bond acceptors (Lipinski definition) is 6. The molecule has 0 bridgehead atoms. The smallest absolute Gasteiger partial charge is 0.288 e. The number of carbonyl (C=O) groups is 1. The number of nitro benzene ring substituents is 1. The molecule has 25 heavy (non-hydrogen) atoms. The van der Waals surface area contributed by atoms with Crippen molar-refractivity contribution in [2.24, 2.45) is 5.10 Å². The van der Waals surface area contributed by atoms with Gasteiger partial charge in [0.1, 0.15) is 16.5 Å². The highest BCUT2D eigenvalue weighted by Crippen LogP contribution is 2.24. The van der Waals surface area contributed by atoms with Crippen LogP contribution in [0.25, 0.3) is 0 Å². The Morgan fingerprint density at radius 3 is 2.60 bits per heavy atom. The Kier molecular flexibility index (Phi) is 6.30. The third kappa shape index (κ3) is 5.47. The number of nitrogens with one attached hydrogen (secondary N) is 1. The number of hydrogen-bond donors (Lipinski definition) is 1. The van der Waals surface area contributed by atoms with Crippen molar-refractivity contribution in [1.82, 2.24) is 5.43 Å². The Morgan fingerprint density at radius 1 is 1.28 bits per heavy atom. The van der Waals surface area contributed by atoms with E-state index in [1.165, 1.54) is 18.3 Å². The summed E-state index contributed by atoms with van der Waals surface area (Å²) in [7, 11) is 1.55. The zero-order chi connectivity index (χ0) is 18.2. The Balaban J connectivity index is 1.85. The fourth-order valence-electron chi connectivity index (χ4n) is 1.78. The highest BCUT2D eigenvalue weighted by atomic mass is 35.5. The number of halogens is 1. The molecule has 0 atom stereocenters. The Hall–Kier alpha value is -3.13. The van der Waals surface area contributed by atoms with E-state index in [0.717, 1.165) is 0 Å². The monoisotopic (exact) mass is 363 g/mol. The summed E-state index contributed by atoms with van der Waals surface area (Å²) in [5, 5.41) is 14.5. The van der Waals surface area contributed by atoms with Gasteiger partial charge in [0, 0.05) is 11.6 Å². The molecule has 0 saturated carbocycles. The van der Waals surface area contributed by atoms with Gasteiger partial charge in [-0.3, -0.25) is 14.9 Å². The first-order chi connectivity index (χ1) is 12.0. The third-order valence-electron chi connectivity index (χ3n) is 3.00. The average molecular weight is 364 g/mol. The van der Waals surface area contributed by atoms with E-state index in [1.807, 2.05) is 0 Å². The molecule has 0 unspecified atom stereocenters. The third-order valence-corrected chi connectivity index (χ3v) is 3.32. The maximum atomic E-state index is 11.7. The van der Waals surface area contributed by atoms with Crippen molar-refractivity contribution >= 4 is 29.4 Å². The van der Waals surface area contributed by atoms with Crippen LogP contribution in [0.2, 0.25) is 5.02 Å². The number of nitro groups is 1. The molecule has 9 heteroatoms. The number of amides is 1. The van der Waals surface area contributed by atoms with Crippen LogP contribution in [0.3, 0.4) is 0 Å². The second-order valence-corrected chi connectivity index (χ2v) is 5.13. The molecule has 0 saturated heterocycles. The fourth-order valence-corrected chi connectivity index (χ4v) is 1.97. The molecule has 0 aliphatic rings. The highest BCUT2D eigenvalue weighted by Gasteiger charge is 2.11. The van der Waals surface area contributed by atoms with Crippen molar-refractivity contribution in [3.8, 4) is 11.5 Å². The van der Waals surface area contributed by atoms with E-state index in [1.54, 1.807) is 37.4 Å². The lowest BCUT2D eigenvalue weighted by Crippen LogP contribution is -2.24. The second-order valence-electron chi connectivity index (χ2n) is 4.73. The Labute approximate surface area is 148 Å². The van der Waals surface area contributed by atoms with E-state index in [9.17, 15) is 14.9 Å². The molecule has 0 radical (unpaired) electrons. The topological polar surface area (TPSA) is 103 Å². The van der Waals surface area contributed by atoms with Crippen LogP contribution in [-0.2, 0) is 4.79 Å². The molecule has 0 spiro atoms. The minimum atomic E-state index is -0.596. The Bertz CT molecular complexity index is 793. The maximum absolute atomic E-state index is 11.7. The number of ether oxygens (including phenoxy) is 2. The summed E-state index contributed by atoms with van der Waals surface area (Å²) in [4.78, 5) is 21.9. The molecule has 0 aromatic heterocycles. The summed E-state index contributed by atoms with van der Waals surface area (Å²) in [6.07, 6.45) is 1.27. The van der Waals surface area contributed by atoms with Crippen LogP contribution in [0.4, 0.5) is 5.69 Å². The van der Waals surface area contributed by atoms with Gasteiger partial charge >= 0.3 is 0 Å². The summed E-state index contributed by atoms with van der Waals surface area (Å²) in [5.41, 5.74) is 2.45. The van der Waals surface area contributed by atoms with Crippen LogP contribution >= 0.6 is 11.6 Å². The van der Waals surface area contributed by atoms with E-state index >= 15 is 0 Å². The van der Waals surface area contributed by atoms with Crippen LogP contribution < -0.4 is 14.9 Å². The van der Waals surface area contributed by atoms with Crippen molar-refractivity contribution in [2.75, 3.05) is 13.7 Å². The van der Waals surface area contributed by atoms with Crippen LogP contribution in [0.5, 0.6) is 11.5 Å². The molecular weight excluding hydrogens is 350 g/mol. The summed E-state index contributed by atoms with van der Waals surface area (Å²) in [6.45, 7) is -0.232. The van der Waals surface area contributed by atoms with Crippen LogP contribution in [-0.4, -0.2) is 30.8 Å².